The van der Waals surface area contributed by atoms with Crippen molar-refractivity contribution in [1.29, 1.82) is 0 Å². The van der Waals surface area contributed by atoms with Gasteiger partial charge >= 0.3 is 0 Å². The Morgan fingerprint density at radius 1 is 0.897 bits per heavy atom. The van der Waals surface area contributed by atoms with Gasteiger partial charge in [0, 0.05) is 12.3 Å². The molecule has 29 heavy (non-hydrogen) atoms. The number of carbonyl (C=O) groups is 1. The summed E-state index contributed by atoms with van der Waals surface area (Å²) in [6.07, 6.45) is 11.7. The highest BCUT2D eigenvalue weighted by Gasteiger charge is 2.65. The molecule has 2 nitrogen and oxygen atoms in total. The molecule has 2 heteroatoms. The van der Waals surface area contributed by atoms with Crippen LogP contribution in [0.3, 0.4) is 0 Å². The molecule has 6 rings (SSSR count). The van der Waals surface area contributed by atoms with Crippen molar-refractivity contribution < 1.29 is 9.90 Å². The first kappa shape index (κ1) is 18.6. The van der Waals surface area contributed by atoms with E-state index in [-0.39, 0.29) is 16.9 Å². The van der Waals surface area contributed by atoms with E-state index < -0.39 is 0 Å². The SMILES string of the molecule is C[C@]12CC[C@@H]3[C@H]4CC[C@]5(O)CC5[C@H]4CC[C@H]3[C@@H]1CC[C@@H]2C(=O)Cc1ccccc1. The number of rotatable bonds is 3. The van der Waals surface area contributed by atoms with Crippen LogP contribution >= 0.6 is 0 Å². The lowest BCUT2D eigenvalue weighted by molar-refractivity contribution is -0.130. The zero-order valence-electron chi connectivity index (χ0n) is 17.9. The molecule has 5 saturated carbocycles. The highest BCUT2D eigenvalue weighted by molar-refractivity contribution is 5.84. The van der Waals surface area contributed by atoms with E-state index in [2.05, 4.69) is 31.2 Å². The zero-order valence-corrected chi connectivity index (χ0v) is 17.9. The van der Waals surface area contributed by atoms with E-state index in [9.17, 15) is 9.90 Å². The van der Waals surface area contributed by atoms with E-state index >= 15 is 0 Å². The molecule has 9 atom stereocenters. The third kappa shape index (κ3) is 2.74. The average Bonchev–Trinajstić information content (AvgIpc) is 3.29. The summed E-state index contributed by atoms with van der Waals surface area (Å²) < 4.78 is 0. The van der Waals surface area contributed by atoms with Crippen molar-refractivity contribution in [3.8, 4) is 0 Å². The number of fused-ring (bicyclic) bond motifs is 7. The summed E-state index contributed by atoms with van der Waals surface area (Å²) in [5.41, 5.74) is 1.15. The molecule has 5 aliphatic carbocycles. The van der Waals surface area contributed by atoms with Gasteiger partial charge in [-0.1, -0.05) is 37.3 Å². The minimum Gasteiger partial charge on any atom is -0.390 e. The topological polar surface area (TPSA) is 37.3 Å². The molecular formula is C27H36O2. The van der Waals surface area contributed by atoms with Gasteiger partial charge in [0.15, 0.2) is 0 Å². The van der Waals surface area contributed by atoms with Gasteiger partial charge < -0.3 is 5.11 Å². The van der Waals surface area contributed by atoms with Gasteiger partial charge in [0.1, 0.15) is 5.78 Å². The Morgan fingerprint density at radius 3 is 2.34 bits per heavy atom. The molecule has 0 bridgehead atoms. The van der Waals surface area contributed by atoms with E-state index in [1.165, 1.54) is 44.1 Å². The van der Waals surface area contributed by atoms with Gasteiger partial charge in [0.2, 0.25) is 0 Å². The van der Waals surface area contributed by atoms with Crippen LogP contribution in [0.1, 0.15) is 70.3 Å². The number of carbonyl (C=O) groups excluding carboxylic acids is 1. The van der Waals surface area contributed by atoms with Gasteiger partial charge in [0.05, 0.1) is 5.60 Å². The normalized spacial score (nSPS) is 50.1. The van der Waals surface area contributed by atoms with Gasteiger partial charge in [-0.15, -0.1) is 0 Å². The second kappa shape index (κ2) is 6.42. The number of ketones is 1. The first-order valence-electron chi connectivity index (χ1n) is 12.3. The second-order valence-corrected chi connectivity index (χ2v) is 11.6. The van der Waals surface area contributed by atoms with Crippen LogP contribution in [0.25, 0.3) is 0 Å². The van der Waals surface area contributed by atoms with Crippen LogP contribution in [0.15, 0.2) is 30.3 Å². The Balaban J connectivity index is 1.20. The van der Waals surface area contributed by atoms with Crippen LogP contribution in [0.2, 0.25) is 0 Å². The molecule has 0 saturated heterocycles. The Kier molecular flexibility index (Phi) is 4.12. The maximum Gasteiger partial charge on any atom is 0.140 e. The van der Waals surface area contributed by atoms with Crippen molar-refractivity contribution >= 4 is 5.78 Å². The molecule has 0 amide bonds. The Bertz CT molecular complexity index is 802. The molecule has 0 aromatic heterocycles. The van der Waals surface area contributed by atoms with E-state index in [1.807, 2.05) is 6.07 Å². The summed E-state index contributed by atoms with van der Waals surface area (Å²) in [4.78, 5) is 13.3. The van der Waals surface area contributed by atoms with Crippen LogP contribution in [-0.4, -0.2) is 16.5 Å². The number of benzene rings is 1. The van der Waals surface area contributed by atoms with Crippen LogP contribution in [0.5, 0.6) is 0 Å². The fourth-order valence-corrected chi connectivity index (χ4v) is 9.13. The number of hydrogen-bond donors (Lipinski definition) is 1. The fourth-order valence-electron chi connectivity index (χ4n) is 9.13. The molecule has 1 aromatic carbocycles. The molecule has 156 valence electrons. The van der Waals surface area contributed by atoms with Crippen molar-refractivity contribution in [2.24, 2.45) is 46.8 Å². The third-order valence-corrected chi connectivity index (χ3v) is 10.6. The zero-order chi connectivity index (χ0) is 19.8. The van der Waals surface area contributed by atoms with Gasteiger partial charge in [0.25, 0.3) is 0 Å². The van der Waals surface area contributed by atoms with Crippen molar-refractivity contribution in [2.45, 2.75) is 76.7 Å². The first-order valence-corrected chi connectivity index (χ1v) is 12.3. The lowest BCUT2D eigenvalue weighted by atomic mass is 9.49. The quantitative estimate of drug-likeness (QED) is 0.745. The minimum atomic E-state index is -0.264. The number of aliphatic hydroxyl groups is 1. The third-order valence-electron chi connectivity index (χ3n) is 10.6. The van der Waals surface area contributed by atoms with Crippen LogP contribution in [-0.2, 0) is 11.2 Å². The molecule has 0 heterocycles. The predicted octanol–water partition coefficient (Wildman–Crippen LogP) is 5.43. The average molecular weight is 393 g/mol. The summed E-state index contributed by atoms with van der Waals surface area (Å²) >= 11 is 0. The van der Waals surface area contributed by atoms with Crippen molar-refractivity contribution in [2.75, 3.05) is 0 Å². The van der Waals surface area contributed by atoms with Crippen molar-refractivity contribution in [1.82, 2.24) is 0 Å². The second-order valence-electron chi connectivity index (χ2n) is 11.6. The summed E-state index contributed by atoms with van der Waals surface area (Å²) in [7, 11) is 0. The minimum absolute atomic E-state index is 0.231. The Labute approximate surface area is 175 Å². The number of hydrogen-bond acceptors (Lipinski definition) is 2. The molecule has 0 spiro atoms. The van der Waals surface area contributed by atoms with Crippen molar-refractivity contribution in [3.05, 3.63) is 35.9 Å². The standard InChI is InChI=1S/C27H36O2/c1-26-13-11-18-19-12-14-27(29)16-24(27)21(19)8-7-20(18)22(26)9-10-23(26)25(28)15-17-5-3-2-4-6-17/h2-6,18-24,29H,7-16H2,1H3/t18-,19-,20-,21+,22+,23-,24?,26+,27+/m1/s1. The molecular weight excluding hydrogens is 356 g/mol. The monoisotopic (exact) mass is 392 g/mol. The molecule has 5 fully saturated rings. The summed E-state index contributed by atoms with van der Waals surface area (Å²) in [5, 5.41) is 10.7. The van der Waals surface area contributed by atoms with Gasteiger partial charge in [-0.25, -0.2) is 0 Å². The van der Waals surface area contributed by atoms with E-state index in [0.717, 1.165) is 48.9 Å². The van der Waals surface area contributed by atoms with Gasteiger partial charge in [-0.2, -0.15) is 0 Å². The lowest BCUT2D eigenvalue weighted by Crippen LogP contribution is -2.50. The summed E-state index contributed by atoms with van der Waals surface area (Å²) in [6, 6.07) is 10.3. The van der Waals surface area contributed by atoms with E-state index in [4.69, 9.17) is 0 Å². The van der Waals surface area contributed by atoms with Crippen LogP contribution < -0.4 is 0 Å². The van der Waals surface area contributed by atoms with Crippen LogP contribution in [0, 0.1) is 46.8 Å². The van der Waals surface area contributed by atoms with E-state index in [0.29, 0.717) is 18.1 Å². The lowest BCUT2D eigenvalue weighted by Gasteiger charge is -2.56. The smallest absolute Gasteiger partial charge is 0.140 e. The largest absolute Gasteiger partial charge is 0.390 e. The van der Waals surface area contributed by atoms with E-state index in [1.54, 1.807) is 0 Å². The predicted molar refractivity (Wildman–Crippen MR) is 114 cm³/mol. The molecule has 0 aliphatic heterocycles. The van der Waals surface area contributed by atoms with Crippen LogP contribution in [0.4, 0.5) is 0 Å². The summed E-state index contributed by atoms with van der Waals surface area (Å²) in [6.45, 7) is 2.47. The molecule has 1 unspecified atom stereocenters. The maximum atomic E-state index is 13.3. The molecule has 0 radical (unpaired) electrons. The maximum absolute atomic E-state index is 13.3. The fraction of sp³-hybridized carbons (Fsp3) is 0.741. The summed E-state index contributed by atoms with van der Waals surface area (Å²) in [5.74, 6) is 5.53. The number of Topliss-reactive ketones (excluding diaryl/α,β-unsaturated/α-hetero) is 1. The molecule has 1 aromatic rings. The highest BCUT2D eigenvalue weighted by atomic mass is 16.3. The first-order chi connectivity index (χ1) is 14.0. The highest BCUT2D eigenvalue weighted by Crippen LogP contribution is 2.68. The Morgan fingerprint density at radius 2 is 1.59 bits per heavy atom. The van der Waals surface area contributed by atoms with Gasteiger partial charge in [-0.05, 0) is 104 Å². The molecule has 1 N–H and O–H groups in total. The molecule has 5 aliphatic rings. The van der Waals surface area contributed by atoms with Crippen molar-refractivity contribution in [3.63, 3.8) is 0 Å². The Hall–Kier alpha value is -1.15. The van der Waals surface area contributed by atoms with Gasteiger partial charge in [-0.3, -0.25) is 4.79 Å².